The van der Waals surface area contributed by atoms with Gasteiger partial charge in [-0.05, 0) is 59.1 Å². The lowest BCUT2D eigenvalue weighted by molar-refractivity contribution is -0.123. The average Bonchev–Trinajstić information content (AvgIpc) is 2.81. The molecule has 0 saturated heterocycles. The molecule has 0 aromatic heterocycles. The quantitative estimate of drug-likeness (QED) is 0.345. The Morgan fingerprint density at radius 1 is 1.09 bits per heavy atom. The number of hydrogen-bond donors (Lipinski definition) is 1. The van der Waals surface area contributed by atoms with Crippen LogP contribution in [-0.4, -0.2) is 36.4 Å². The Hall–Kier alpha value is -2.73. The Labute approximate surface area is 208 Å². The van der Waals surface area contributed by atoms with Gasteiger partial charge in [-0.3, -0.25) is 14.5 Å². The summed E-state index contributed by atoms with van der Waals surface area (Å²) < 4.78 is 6.01. The van der Waals surface area contributed by atoms with Crippen LogP contribution in [-0.2, 0) is 15.0 Å². The minimum Gasteiger partial charge on any atom is -0.449 e. The number of fused-ring (bicyclic) bond motifs is 1. The van der Waals surface area contributed by atoms with Crippen molar-refractivity contribution in [1.29, 1.82) is 0 Å². The predicted octanol–water partition coefficient (Wildman–Crippen LogP) is 5.79. The van der Waals surface area contributed by atoms with E-state index in [4.69, 9.17) is 4.74 Å². The molecule has 1 heterocycles. The van der Waals surface area contributed by atoms with Crippen LogP contribution in [0.4, 0.5) is 5.69 Å². The van der Waals surface area contributed by atoms with Gasteiger partial charge in [-0.2, -0.15) is 11.8 Å². The Balaban J connectivity index is 1.77. The Kier molecular flexibility index (Phi) is 9.22. The zero-order valence-corrected chi connectivity index (χ0v) is 21.5. The van der Waals surface area contributed by atoms with Crippen LogP contribution in [0.2, 0.25) is 0 Å². The molecule has 1 aliphatic heterocycles. The van der Waals surface area contributed by atoms with E-state index in [1.54, 1.807) is 6.08 Å². The maximum atomic E-state index is 13.4. The van der Waals surface area contributed by atoms with E-state index in [0.29, 0.717) is 18.0 Å². The molecular weight excluding hydrogens is 444 g/mol. The van der Waals surface area contributed by atoms with E-state index in [9.17, 15) is 9.59 Å². The van der Waals surface area contributed by atoms with Gasteiger partial charge in [0, 0.05) is 6.54 Å². The number of rotatable bonds is 10. The van der Waals surface area contributed by atoms with Gasteiger partial charge in [0.25, 0.3) is 5.91 Å². The van der Waals surface area contributed by atoms with Crippen molar-refractivity contribution in [2.24, 2.45) is 0 Å². The number of anilines is 1. The number of nitrogens with zero attached hydrogens (tertiary/aromatic N) is 1. The third kappa shape index (κ3) is 7.13. The molecule has 0 fully saturated rings. The summed E-state index contributed by atoms with van der Waals surface area (Å²) in [7, 11) is 0. The number of ether oxygens (including phenoxy) is 1. The molecular formula is C28H36N2O3S. The minimum atomic E-state index is -0.312. The predicted molar refractivity (Wildman–Crippen MR) is 142 cm³/mol. The number of thioether (sulfide) groups is 1. The first-order chi connectivity index (χ1) is 16.3. The number of hydrogen-bond acceptors (Lipinski definition) is 4. The fraction of sp³-hybridized carbons (Fsp3) is 0.429. The zero-order valence-electron chi connectivity index (χ0n) is 20.7. The van der Waals surface area contributed by atoms with Crippen LogP contribution in [0.15, 0.2) is 54.3 Å². The first kappa shape index (κ1) is 25.9. The van der Waals surface area contributed by atoms with Crippen LogP contribution >= 0.6 is 11.8 Å². The van der Waals surface area contributed by atoms with Gasteiger partial charge in [0.05, 0.1) is 5.69 Å². The summed E-state index contributed by atoms with van der Waals surface area (Å²) in [6.45, 7) is 9.12. The highest BCUT2D eigenvalue weighted by Crippen LogP contribution is 2.39. The fourth-order valence-corrected chi connectivity index (χ4v) is 4.63. The molecule has 0 aliphatic carbocycles. The molecule has 0 bridgehead atoms. The largest absolute Gasteiger partial charge is 0.449 e. The highest BCUT2D eigenvalue weighted by molar-refractivity contribution is 7.99. The summed E-state index contributed by atoms with van der Waals surface area (Å²) in [4.78, 5) is 27.7. The van der Waals surface area contributed by atoms with Gasteiger partial charge in [-0.25, -0.2) is 0 Å². The van der Waals surface area contributed by atoms with E-state index >= 15 is 0 Å². The summed E-state index contributed by atoms with van der Waals surface area (Å²) in [6, 6.07) is 15.4. The monoisotopic (exact) mass is 480 g/mol. The van der Waals surface area contributed by atoms with Crippen molar-refractivity contribution in [3.05, 3.63) is 65.4 Å². The Morgan fingerprint density at radius 2 is 1.82 bits per heavy atom. The first-order valence-corrected chi connectivity index (χ1v) is 13.2. The second-order valence-corrected chi connectivity index (χ2v) is 10.7. The fourth-order valence-electron chi connectivity index (χ4n) is 3.58. The molecule has 2 amide bonds. The lowest BCUT2D eigenvalue weighted by atomic mass is 9.86. The zero-order chi connectivity index (χ0) is 24.6. The maximum absolute atomic E-state index is 13.4. The lowest BCUT2D eigenvalue weighted by Gasteiger charge is -2.32. The van der Waals surface area contributed by atoms with Crippen molar-refractivity contribution in [2.75, 3.05) is 29.5 Å². The molecule has 0 unspecified atom stereocenters. The van der Waals surface area contributed by atoms with Crippen molar-refractivity contribution in [2.45, 2.75) is 52.4 Å². The van der Waals surface area contributed by atoms with Crippen molar-refractivity contribution in [3.8, 4) is 5.75 Å². The van der Waals surface area contributed by atoms with E-state index in [1.807, 2.05) is 60.3 Å². The van der Waals surface area contributed by atoms with Crippen LogP contribution in [0.1, 0.15) is 58.1 Å². The molecule has 0 saturated carbocycles. The Bertz CT molecular complexity index is 1010. The smallest absolute Gasteiger partial charge is 0.294 e. The van der Waals surface area contributed by atoms with Crippen molar-refractivity contribution in [3.63, 3.8) is 0 Å². The molecule has 6 heteroatoms. The topological polar surface area (TPSA) is 58.6 Å². The van der Waals surface area contributed by atoms with E-state index in [1.165, 1.54) is 17.7 Å². The molecule has 182 valence electrons. The van der Waals surface area contributed by atoms with Gasteiger partial charge >= 0.3 is 0 Å². The number of amides is 2. The standard InChI is InChI=1S/C28H36N2O3S/c1-5-6-16-34-17-10-15-29-26(31)20-30-23-19-22(28(2,3)4)13-14-24(23)33-25(27(30)32)18-21-11-8-7-9-12-21/h7-9,11-14,18-19H,5-6,10,15-17,20H2,1-4H3,(H,29,31)/b25-18-. The molecule has 34 heavy (non-hydrogen) atoms. The van der Waals surface area contributed by atoms with Crippen LogP contribution in [0.25, 0.3) is 6.08 Å². The molecule has 1 aliphatic rings. The van der Waals surface area contributed by atoms with E-state index < -0.39 is 0 Å². The first-order valence-electron chi connectivity index (χ1n) is 12.0. The normalized spacial score (nSPS) is 14.6. The summed E-state index contributed by atoms with van der Waals surface area (Å²) in [5.74, 6) is 2.50. The van der Waals surface area contributed by atoms with E-state index in [0.717, 1.165) is 29.1 Å². The summed E-state index contributed by atoms with van der Waals surface area (Å²) in [6.07, 6.45) is 5.07. The van der Waals surface area contributed by atoms with Crippen molar-refractivity contribution < 1.29 is 14.3 Å². The maximum Gasteiger partial charge on any atom is 0.294 e. The number of nitrogens with one attached hydrogen (secondary N) is 1. The van der Waals surface area contributed by atoms with Gasteiger partial charge in [0.1, 0.15) is 6.54 Å². The van der Waals surface area contributed by atoms with Gasteiger partial charge < -0.3 is 10.1 Å². The average molecular weight is 481 g/mol. The van der Waals surface area contributed by atoms with Gasteiger partial charge in [-0.1, -0.05) is 70.5 Å². The Morgan fingerprint density at radius 3 is 2.53 bits per heavy atom. The van der Waals surface area contributed by atoms with E-state index in [2.05, 4.69) is 33.0 Å². The van der Waals surface area contributed by atoms with Crippen molar-refractivity contribution >= 4 is 35.3 Å². The third-order valence-corrected chi connectivity index (χ3v) is 6.78. The minimum absolute atomic E-state index is 0.0438. The number of carbonyl (C=O) groups is 2. The number of unbranched alkanes of at least 4 members (excludes halogenated alkanes) is 1. The molecule has 3 rings (SSSR count). The molecule has 2 aromatic rings. The van der Waals surface area contributed by atoms with Crippen LogP contribution in [0.3, 0.4) is 0 Å². The summed E-state index contributed by atoms with van der Waals surface area (Å²) >= 11 is 1.92. The second-order valence-electron chi connectivity index (χ2n) is 9.51. The highest BCUT2D eigenvalue weighted by Gasteiger charge is 2.33. The third-order valence-electron chi connectivity index (χ3n) is 5.62. The molecule has 0 spiro atoms. The number of carbonyl (C=O) groups excluding carboxylic acids is 2. The van der Waals surface area contributed by atoms with Gasteiger partial charge in [0.2, 0.25) is 5.91 Å². The SMILES string of the molecule is CCCCSCCCNC(=O)CN1C(=O)/C(=C/c2ccccc2)Oc2ccc(C(C)(C)C)cc21. The molecule has 5 nitrogen and oxygen atoms in total. The van der Waals surface area contributed by atoms with Crippen molar-refractivity contribution in [1.82, 2.24) is 5.32 Å². The van der Waals surface area contributed by atoms with Gasteiger partial charge in [0.15, 0.2) is 11.5 Å². The van der Waals surface area contributed by atoms with Crippen LogP contribution in [0.5, 0.6) is 5.75 Å². The molecule has 0 atom stereocenters. The van der Waals surface area contributed by atoms with Crippen LogP contribution in [0, 0.1) is 0 Å². The second kappa shape index (κ2) is 12.1. The highest BCUT2D eigenvalue weighted by atomic mass is 32.2. The summed E-state index contributed by atoms with van der Waals surface area (Å²) in [5, 5.41) is 2.98. The lowest BCUT2D eigenvalue weighted by Crippen LogP contribution is -2.44. The summed E-state index contributed by atoms with van der Waals surface area (Å²) in [5.41, 5.74) is 2.48. The molecule has 0 radical (unpaired) electrons. The molecule has 1 N–H and O–H groups in total. The van der Waals surface area contributed by atoms with E-state index in [-0.39, 0.29) is 29.5 Å². The van der Waals surface area contributed by atoms with Crippen LogP contribution < -0.4 is 15.0 Å². The number of benzene rings is 2. The van der Waals surface area contributed by atoms with Gasteiger partial charge in [-0.15, -0.1) is 0 Å². The molecule has 2 aromatic carbocycles.